The number of hydrogen-bond donors (Lipinski definition) is 2. The van der Waals surface area contributed by atoms with Crippen LogP contribution >= 0.6 is 27.5 Å². The van der Waals surface area contributed by atoms with Crippen molar-refractivity contribution in [3.8, 4) is 5.75 Å². The zero-order valence-corrected chi connectivity index (χ0v) is 13.7. The summed E-state index contributed by atoms with van der Waals surface area (Å²) >= 11 is 9.38. The number of ether oxygens (including phenoxy) is 1. The van der Waals surface area contributed by atoms with Crippen LogP contribution in [0.1, 0.15) is 17.2 Å². The third-order valence-corrected chi connectivity index (χ3v) is 4.15. The molecule has 0 aliphatic heterocycles. The maximum atomic E-state index is 14.2. The van der Waals surface area contributed by atoms with Crippen molar-refractivity contribution in [3.05, 3.63) is 62.8 Å². The van der Waals surface area contributed by atoms with Gasteiger partial charge in [0.25, 0.3) is 0 Å². The lowest BCUT2D eigenvalue weighted by Gasteiger charge is -2.19. The largest absolute Gasteiger partial charge is 0.494 e. The molecule has 2 aromatic carbocycles. The number of rotatable bonds is 5. The summed E-state index contributed by atoms with van der Waals surface area (Å²) in [4.78, 5) is 0. The van der Waals surface area contributed by atoms with Crippen molar-refractivity contribution in [3.63, 3.8) is 0 Å². The van der Waals surface area contributed by atoms with Gasteiger partial charge in [-0.05, 0) is 35.7 Å². The van der Waals surface area contributed by atoms with Crippen LogP contribution in [0.3, 0.4) is 0 Å². The Morgan fingerprint density at radius 2 is 2.14 bits per heavy atom. The summed E-state index contributed by atoms with van der Waals surface area (Å²) in [7, 11) is 1.44. The molecule has 0 spiro atoms. The van der Waals surface area contributed by atoms with Gasteiger partial charge < -0.3 is 4.74 Å². The van der Waals surface area contributed by atoms with Gasteiger partial charge in [0, 0.05) is 9.50 Å². The molecule has 0 amide bonds. The summed E-state index contributed by atoms with van der Waals surface area (Å²) in [5.41, 5.74) is 4.14. The SMILES string of the molecule is COc1cccc(CC(NN)c2ccc(Cl)cc2Br)c1F. The Morgan fingerprint density at radius 3 is 2.76 bits per heavy atom. The minimum absolute atomic E-state index is 0.221. The lowest BCUT2D eigenvalue weighted by molar-refractivity contribution is 0.382. The van der Waals surface area contributed by atoms with E-state index in [1.807, 2.05) is 6.07 Å². The summed E-state index contributed by atoms with van der Waals surface area (Å²) in [5.74, 6) is 5.47. The zero-order chi connectivity index (χ0) is 15.4. The molecular formula is C15H15BrClFN2O. The fraction of sp³-hybridized carbons (Fsp3) is 0.200. The Bertz CT molecular complexity index is 639. The second kappa shape index (κ2) is 7.22. The van der Waals surface area contributed by atoms with Crippen molar-refractivity contribution in [2.45, 2.75) is 12.5 Å². The highest BCUT2D eigenvalue weighted by atomic mass is 79.9. The van der Waals surface area contributed by atoms with Crippen LogP contribution in [0.2, 0.25) is 5.02 Å². The minimum atomic E-state index is -0.370. The van der Waals surface area contributed by atoms with Crippen molar-refractivity contribution in [2.24, 2.45) is 5.84 Å². The van der Waals surface area contributed by atoms with Gasteiger partial charge in [0.05, 0.1) is 13.2 Å². The number of nitrogens with two attached hydrogens (primary N) is 1. The van der Waals surface area contributed by atoms with Gasteiger partial charge in [0.1, 0.15) is 0 Å². The van der Waals surface area contributed by atoms with E-state index in [1.165, 1.54) is 7.11 Å². The Hall–Kier alpha value is -1.14. The van der Waals surface area contributed by atoms with Crippen molar-refractivity contribution in [1.29, 1.82) is 0 Å². The first-order valence-corrected chi connectivity index (χ1v) is 7.46. The summed E-state index contributed by atoms with van der Waals surface area (Å²) < 4.78 is 20.0. The van der Waals surface area contributed by atoms with E-state index in [1.54, 1.807) is 30.3 Å². The predicted octanol–water partition coefficient (Wildman–Crippen LogP) is 4.00. The van der Waals surface area contributed by atoms with Crippen LogP contribution in [0.25, 0.3) is 0 Å². The van der Waals surface area contributed by atoms with Crippen LogP contribution in [0.5, 0.6) is 5.75 Å². The van der Waals surface area contributed by atoms with E-state index in [2.05, 4.69) is 21.4 Å². The Balaban J connectivity index is 2.31. The molecule has 6 heteroatoms. The fourth-order valence-electron chi connectivity index (χ4n) is 2.13. The monoisotopic (exact) mass is 372 g/mol. The summed E-state index contributed by atoms with van der Waals surface area (Å²) in [6, 6.07) is 10.2. The molecule has 2 rings (SSSR count). The van der Waals surface area contributed by atoms with Gasteiger partial charge in [0.15, 0.2) is 11.6 Å². The number of benzene rings is 2. The molecule has 2 aromatic rings. The highest BCUT2D eigenvalue weighted by Gasteiger charge is 2.17. The first-order chi connectivity index (χ1) is 10.1. The van der Waals surface area contributed by atoms with Crippen LogP contribution in [0.4, 0.5) is 4.39 Å². The molecule has 112 valence electrons. The second-order valence-corrected chi connectivity index (χ2v) is 5.81. The topological polar surface area (TPSA) is 47.3 Å². The van der Waals surface area contributed by atoms with E-state index in [0.29, 0.717) is 17.0 Å². The maximum Gasteiger partial charge on any atom is 0.168 e. The normalized spacial score (nSPS) is 12.2. The van der Waals surface area contributed by atoms with E-state index in [0.717, 1.165) is 10.0 Å². The average Bonchev–Trinajstić information content (AvgIpc) is 2.47. The van der Waals surface area contributed by atoms with Gasteiger partial charge in [-0.2, -0.15) is 0 Å². The smallest absolute Gasteiger partial charge is 0.168 e. The first-order valence-electron chi connectivity index (χ1n) is 6.29. The third-order valence-electron chi connectivity index (χ3n) is 3.23. The molecule has 3 N–H and O–H groups in total. The summed E-state index contributed by atoms with van der Waals surface area (Å²) in [6.45, 7) is 0. The highest BCUT2D eigenvalue weighted by molar-refractivity contribution is 9.10. The molecule has 1 atom stereocenters. The van der Waals surface area contributed by atoms with E-state index < -0.39 is 0 Å². The Morgan fingerprint density at radius 1 is 1.38 bits per heavy atom. The molecule has 0 saturated heterocycles. The van der Waals surface area contributed by atoms with Gasteiger partial charge in [-0.3, -0.25) is 11.3 Å². The van der Waals surface area contributed by atoms with Crippen LogP contribution in [0.15, 0.2) is 40.9 Å². The van der Waals surface area contributed by atoms with E-state index in [-0.39, 0.29) is 17.6 Å². The first kappa shape index (κ1) is 16.2. The summed E-state index contributed by atoms with van der Waals surface area (Å²) in [5, 5.41) is 0.619. The van der Waals surface area contributed by atoms with Gasteiger partial charge in [-0.25, -0.2) is 4.39 Å². The Labute approximate surface area is 136 Å². The summed E-state index contributed by atoms with van der Waals surface area (Å²) in [6.07, 6.45) is 0.389. The number of hydrogen-bond acceptors (Lipinski definition) is 3. The molecule has 21 heavy (non-hydrogen) atoms. The number of methoxy groups -OCH3 is 1. The molecule has 3 nitrogen and oxygen atoms in total. The number of halogens is 3. The Kier molecular flexibility index (Phi) is 5.58. The van der Waals surface area contributed by atoms with Crippen molar-refractivity contribution >= 4 is 27.5 Å². The lowest BCUT2D eigenvalue weighted by Crippen LogP contribution is -2.30. The molecule has 1 unspecified atom stereocenters. The quantitative estimate of drug-likeness (QED) is 0.615. The predicted molar refractivity (Wildman–Crippen MR) is 85.9 cm³/mol. The van der Waals surface area contributed by atoms with Crippen molar-refractivity contribution in [1.82, 2.24) is 5.43 Å². The highest BCUT2D eigenvalue weighted by Crippen LogP contribution is 2.30. The minimum Gasteiger partial charge on any atom is -0.494 e. The van der Waals surface area contributed by atoms with Gasteiger partial charge in [0.2, 0.25) is 0 Å². The standard InChI is InChI=1S/C15H15BrClFN2O/c1-21-14-4-2-3-9(15(14)18)7-13(20-19)11-6-5-10(17)8-12(11)16/h2-6,8,13,20H,7,19H2,1H3. The molecule has 0 radical (unpaired) electrons. The van der Waals surface area contributed by atoms with Crippen molar-refractivity contribution in [2.75, 3.05) is 7.11 Å². The molecule has 0 fully saturated rings. The van der Waals surface area contributed by atoms with Gasteiger partial charge in [-0.15, -0.1) is 0 Å². The van der Waals surface area contributed by atoms with E-state index in [9.17, 15) is 4.39 Å². The lowest BCUT2D eigenvalue weighted by atomic mass is 9.99. The molecule has 0 aliphatic carbocycles. The van der Waals surface area contributed by atoms with E-state index in [4.69, 9.17) is 22.2 Å². The van der Waals surface area contributed by atoms with Crippen LogP contribution in [-0.2, 0) is 6.42 Å². The molecule has 0 bridgehead atoms. The molecule has 0 saturated carbocycles. The van der Waals surface area contributed by atoms with Crippen LogP contribution < -0.4 is 16.0 Å². The third kappa shape index (κ3) is 3.74. The van der Waals surface area contributed by atoms with Gasteiger partial charge in [-0.1, -0.05) is 45.7 Å². The van der Waals surface area contributed by atoms with E-state index >= 15 is 0 Å². The molecule has 0 aromatic heterocycles. The zero-order valence-electron chi connectivity index (χ0n) is 11.4. The molecule has 0 aliphatic rings. The fourth-order valence-corrected chi connectivity index (χ4v) is 3.09. The van der Waals surface area contributed by atoms with Gasteiger partial charge >= 0.3 is 0 Å². The molecule has 0 heterocycles. The molecular weight excluding hydrogens is 359 g/mol. The number of nitrogens with one attached hydrogen (secondary N) is 1. The van der Waals surface area contributed by atoms with Crippen LogP contribution in [0, 0.1) is 5.82 Å². The maximum absolute atomic E-state index is 14.2. The number of hydrazine groups is 1. The van der Waals surface area contributed by atoms with Crippen LogP contribution in [-0.4, -0.2) is 7.11 Å². The second-order valence-electron chi connectivity index (χ2n) is 4.52. The average molecular weight is 374 g/mol. The van der Waals surface area contributed by atoms with Crippen molar-refractivity contribution < 1.29 is 9.13 Å².